The highest BCUT2D eigenvalue weighted by Crippen LogP contribution is 2.10. The minimum Gasteiger partial charge on any atom is -0.396 e. The highest BCUT2D eigenvalue weighted by atomic mass is 16.3. The average molecular weight is 284 g/mol. The molecule has 1 atom stereocenters. The summed E-state index contributed by atoms with van der Waals surface area (Å²) in [6, 6.07) is 12.4. The van der Waals surface area contributed by atoms with Crippen molar-refractivity contribution in [2.45, 2.75) is 26.8 Å². The van der Waals surface area contributed by atoms with E-state index < -0.39 is 0 Å². The first kappa shape index (κ1) is 15.7. The van der Waals surface area contributed by atoms with Crippen LogP contribution in [0.3, 0.4) is 0 Å². The lowest BCUT2D eigenvalue weighted by Gasteiger charge is -2.15. The molecule has 1 aromatic heterocycles. The first-order valence-corrected chi connectivity index (χ1v) is 7.46. The van der Waals surface area contributed by atoms with Gasteiger partial charge in [0.1, 0.15) is 0 Å². The number of hydrogen-bond donors (Lipinski definition) is 2. The normalized spacial score (nSPS) is 12.3. The Morgan fingerprint density at radius 2 is 2.00 bits per heavy atom. The van der Waals surface area contributed by atoms with Gasteiger partial charge in [0.05, 0.1) is 0 Å². The summed E-state index contributed by atoms with van der Waals surface area (Å²) in [5.74, 6) is 0.200. The lowest BCUT2D eigenvalue weighted by atomic mass is 10.0. The fourth-order valence-corrected chi connectivity index (χ4v) is 2.35. The number of aryl methyl sites for hydroxylation is 2. The largest absolute Gasteiger partial charge is 0.396 e. The van der Waals surface area contributed by atoms with Gasteiger partial charge in [0.15, 0.2) is 0 Å². The maximum absolute atomic E-state index is 9.50. The van der Waals surface area contributed by atoms with Crippen LogP contribution in [0.1, 0.15) is 22.4 Å². The highest BCUT2D eigenvalue weighted by Gasteiger charge is 2.09. The van der Waals surface area contributed by atoms with Gasteiger partial charge in [0.2, 0.25) is 0 Å². The van der Waals surface area contributed by atoms with Gasteiger partial charge >= 0.3 is 0 Å². The van der Waals surface area contributed by atoms with Gasteiger partial charge in [-0.05, 0) is 55.0 Å². The number of aromatic nitrogens is 1. The Hall–Kier alpha value is -1.71. The van der Waals surface area contributed by atoms with Gasteiger partial charge in [-0.25, -0.2) is 0 Å². The fourth-order valence-electron chi connectivity index (χ4n) is 2.35. The van der Waals surface area contributed by atoms with E-state index in [1.165, 1.54) is 16.7 Å². The van der Waals surface area contributed by atoms with Crippen LogP contribution in [0.25, 0.3) is 0 Å². The summed E-state index contributed by atoms with van der Waals surface area (Å²) in [7, 11) is 0. The van der Waals surface area contributed by atoms with Crippen molar-refractivity contribution in [2.24, 2.45) is 5.92 Å². The predicted molar refractivity (Wildman–Crippen MR) is 86.1 cm³/mol. The number of hydrogen-bond acceptors (Lipinski definition) is 3. The minimum absolute atomic E-state index is 0.177. The number of aliphatic hydroxyl groups is 1. The van der Waals surface area contributed by atoms with Gasteiger partial charge in [-0.2, -0.15) is 0 Å². The zero-order valence-corrected chi connectivity index (χ0v) is 12.8. The number of nitrogens with zero attached hydrogens (tertiary/aromatic N) is 1. The molecule has 21 heavy (non-hydrogen) atoms. The Labute approximate surface area is 127 Å². The van der Waals surface area contributed by atoms with Crippen LogP contribution in [0.15, 0.2) is 42.6 Å². The van der Waals surface area contributed by atoms with Crippen LogP contribution in [0.4, 0.5) is 0 Å². The molecule has 2 N–H and O–H groups in total. The quantitative estimate of drug-likeness (QED) is 0.821. The van der Waals surface area contributed by atoms with E-state index in [2.05, 4.69) is 42.3 Å². The SMILES string of the molecule is Cc1ccc(CNCC(CO)Cc2ccccn2)cc1C. The number of rotatable bonds is 7. The molecule has 112 valence electrons. The Bertz CT molecular complexity index is 554. The highest BCUT2D eigenvalue weighted by molar-refractivity contribution is 5.29. The smallest absolute Gasteiger partial charge is 0.0475 e. The zero-order chi connectivity index (χ0) is 15.1. The predicted octanol–water partition coefficient (Wildman–Crippen LogP) is 2.64. The van der Waals surface area contributed by atoms with E-state index in [0.717, 1.165) is 25.2 Å². The van der Waals surface area contributed by atoms with Crippen LogP contribution in [-0.4, -0.2) is 23.2 Å². The monoisotopic (exact) mass is 284 g/mol. The molecule has 1 heterocycles. The summed E-state index contributed by atoms with van der Waals surface area (Å²) in [6.45, 7) is 6.06. The van der Waals surface area contributed by atoms with E-state index >= 15 is 0 Å². The second-order valence-corrected chi connectivity index (χ2v) is 5.62. The maximum Gasteiger partial charge on any atom is 0.0475 e. The van der Waals surface area contributed by atoms with Crippen LogP contribution >= 0.6 is 0 Å². The summed E-state index contributed by atoms with van der Waals surface area (Å²) in [4.78, 5) is 4.32. The molecule has 3 nitrogen and oxygen atoms in total. The van der Waals surface area contributed by atoms with E-state index in [1.807, 2.05) is 18.2 Å². The Kier molecular flexibility index (Phi) is 5.90. The van der Waals surface area contributed by atoms with Crippen LogP contribution < -0.4 is 5.32 Å². The molecule has 0 spiro atoms. The summed E-state index contributed by atoms with van der Waals surface area (Å²) in [5, 5.41) is 12.9. The third-order valence-corrected chi connectivity index (χ3v) is 3.82. The second kappa shape index (κ2) is 7.91. The van der Waals surface area contributed by atoms with Crippen molar-refractivity contribution < 1.29 is 5.11 Å². The number of benzene rings is 1. The molecule has 0 aliphatic rings. The number of pyridine rings is 1. The average Bonchev–Trinajstić information content (AvgIpc) is 2.51. The Morgan fingerprint density at radius 1 is 1.14 bits per heavy atom. The van der Waals surface area contributed by atoms with Crippen LogP contribution in [0.5, 0.6) is 0 Å². The van der Waals surface area contributed by atoms with Crippen molar-refractivity contribution in [1.29, 1.82) is 0 Å². The van der Waals surface area contributed by atoms with Crippen LogP contribution in [0.2, 0.25) is 0 Å². The first-order chi connectivity index (χ1) is 10.2. The van der Waals surface area contributed by atoms with Crippen LogP contribution in [-0.2, 0) is 13.0 Å². The van der Waals surface area contributed by atoms with Crippen molar-refractivity contribution in [1.82, 2.24) is 10.3 Å². The van der Waals surface area contributed by atoms with Gasteiger partial charge in [0, 0.05) is 31.6 Å². The standard InChI is InChI=1S/C18H24N2O/c1-14-6-7-16(9-15(14)2)11-19-12-17(13-21)10-18-5-3-4-8-20-18/h3-9,17,19,21H,10-13H2,1-2H3. The Balaban J connectivity index is 1.81. The van der Waals surface area contributed by atoms with Gasteiger partial charge in [0.25, 0.3) is 0 Å². The molecule has 1 aromatic carbocycles. The molecule has 0 aliphatic heterocycles. The molecule has 0 saturated carbocycles. The molecule has 0 bridgehead atoms. The first-order valence-electron chi connectivity index (χ1n) is 7.46. The van der Waals surface area contributed by atoms with Crippen LogP contribution in [0, 0.1) is 19.8 Å². The molecule has 0 saturated heterocycles. The second-order valence-electron chi connectivity index (χ2n) is 5.62. The molecule has 3 heteroatoms. The van der Waals surface area contributed by atoms with E-state index in [0.29, 0.717) is 0 Å². The topological polar surface area (TPSA) is 45.1 Å². The van der Waals surface area contributed by atoms with E-state index in [1.54, 1.807) is 6.20 Å². The van der Waals surface area contributed by atoms with Gasteiger partial charge in [-0.3, -0.25) is 4.98 Å². The maximum atomic E-state index is 9.50. The fraction of sp³-hybridized carbons (Fsp3) is 0.389. The molecular formula is C18H24N2O. The van der Waals surface area contributed by atoms with Crippen molar-refractivity contribution >= 4 is 0 Å². The summed E-state index contributed by atoms with van der Waals surface area (Å²) in [5.41, 5.74) is 4.96. The van der Waals surface area contributed by atoms with Crippen molar-refractivity contribution in [2.75, 3.05) is 13.2 Å². The van der Waals surface area contributed by atoms with E-state index in [4.69, 9.17) is 0 Å². The third-order valence-electron chi connectivity index (χ3n) is 3.82. The minimum atomic E-state index is 0.177. The molecule has 1 unspecified atom stereocenters. The molecule has 0 fully saturated rings. The van der Waals surface area contributed by atoms with Gasteiger partial charge < -0.3 is 10.4 Å². The van der Waals surface area contributed by atoms with Gasteiger partial charge in [-0.1, -0.05) is 24.3 Å². The lowest BCUT2D eigenvalue weighted by molar-refractivity contribution is 0.220. The van der Waals surface area contributed by atoms with Gasteiger partial charge in [-0.15, -0.1) is 0 Å². The molecule has 2 rings (SSSR count). The number of nitrogens with one attached hydrogen (secondary N) is 1. The summed E-state index contributed by atoms with van der Waals surface area (Å²) < 4.78 is 0. The van der Waals surface area contributed by atoms with E-state index in [9.17, 15) is 5.11 Å². The van der Waals surface area contributed by atoms with E-state index in [-0.39, 0.29) is 12.5 Å². The summed E-state index contributed by atoms with van der Waals surface area (Å²) >= 11 is 0. The molecule has 0 aliphatic carbocycles. The number of aliphatic hydroxyl groups excluding tert-OH is 1. The zero-order valence-electron chi connectivity index (χ0n) is 12.8. The lowest BCUT2D eigenvalue weighted by Crippen LogP contribution is -2.26. The molecule has 0 radical (unpaired) electrons. The summed E-state index contributed by atoms with van der Waals surface area (Å²) in [6.07, 6.45) is 2.60. The third kappa shape index (κ3) is 4.96. The molecular weight excluding hydrogens is 260 g/mol. The molecule has 0 amide bonds. The molecule has 2 aromatic rings. The Morgan fingerprint density at radius 3 is 2.67 bits per heavy atom. The van der Waals surface area contributed by atoms with Crippen molar-refractivity contribution in [3.05, 3.63) is 65.0 Å². The van der Waals surface area contributed by atoms with Crippen molar-refractivity contribution in [3.63, 3.8) is 0 Å². The van der Waals surface area contributed by atoms with Crippen molar-refractivity contribution in [3.8, 4) is 0 Å².